The molecule has 1 nitrogen and oxygen atoms in total. The molecule has 0 spiro atoms. The van der Waals surface area contributed by atoms with Gasteiger partial charge in [0, 0.05) is 6.04 Å². The second kappa shape index (κ2) is 2.54. The van der Waals surface area contributed by atoms with E-state index in [9.17, 15) is 0 Å². The molecule has 0 aromatic heterocycles. The molecule has 0 amide bonds. The first-order valence-corrected chi connectivity index (χ1v) is 2.11. The molecule has 0 rings (SSSR count). The van der Waals surface area contributed by atoms with E-state index in [1.165, 1.54) is 0 Å². The van der Waals surface area contributed by atoms with Crippen molar-refractivity contribution in [2.75, 3.05) is 0 Å². The highest BCUT2D eigenvalue weighted by Crippen LogP contribution is 1.73. The van der Waals surface area contributed by atoms with Crippen LogP contribution in [0.15, 0.2) is 0 Å². The fourth-order valence-corrected chi connectivity index (χ4v) is 0. The number of thiol groups is 1. The van der Waals surface area contributed by atoms with E-state index in [4.69, 9.17) is 0 Å². The number of nitrogens with one attached hydrogen (secondary N) is 1. The largest absolute Gasteiger partial charge is 0.264 e. The standard InChI is InChI=1S/C3H9NS/c1-3(2)4-5/h3-5H,1-2H3. The van der Waals surface area contributed by atoms with E-state index < -0.39 is 0 Å². The quantitative estimate of drug-likeness (QED) is 0.455. The zero-order valence-electron chi connectivity index (χ0n) is 3.52. The average Bonchev–Trinajstić information content (AvgIpc) is 1.38. The lowest BCUT2D eigenvalue weighted by Gasteiger charge is -1.94. The Labute approximate surface area is 38.3 Å². The molecule has 0 atom stereocenters. The van der Waals surface area contributed by atoms with Gasteiger partial charge in [0.25, 0.3) is 0 Å². The van der Waals surface area contributed by atoms with Crippen molar-refractivity contribution in [3.63, 3.8) is 0 Å². The summed E-state index contributed by atoms with van der Waals surface area (Å²) in [6.07, 6.45) is 0. The van der Waals surface area contributed by atoms with Gasteiger partial charge in [0.15, 0.2) is 0 Å². The van der Waals surface area contributed by atoms with E-state index in [1.807, 2.05) is 13.8 Å². The van der Waals surface area contributed by atoms with Crippen LogP contribution < -0.4 is 4.72 Å². The van der Waals surface area contributed by atoms with E-state index in [0.29, 0.717) is 6.04 Å². The minimum atomic E-state index is 0.498. The van der Waals surface area contributed by atoms with Crippen molar-refractivity contribution in [3.8, 4) is 0 Å². The molecule has 0 bridgehead atoms. The summed E-state index contributed by atoms with van der Waals surface area (Å²) in [7, 11) is 0. The second-order valence-electron chi connectivity index (χ2n) is 1.28. The predicted octanol–water partition coefficient (Wildman–Crippen LogP) is 0.829. The van der Waals surface area contributed by atoms with Gasteiger partial charge < -0.3 is 0 Å². The van der Waals surface area contributed by atoms with Gasteiger partial charge in [0.05, 0.1) is 0 Å². The summed E-state index contributed by atoms with van der Waals surface area (Å²) in [5.41, 5.74) is 0. The molecule has 2 heteroatoms. The zero-order valence-corrected chi connectivity index (χ0v) is 4.42. The zero-order chi connectivity index (χ0) is 4.28. The van der Waals surface area contributed by atoms with Gasteiger partial charge in [-0.15, -0.1) is 0 Å². The summed E-state index contributed by atoms with van der Waals surface area (Å²) in [6.45, 7) is 4.07. The summed E-state index contributed by atoms with van der Waals surface area (Å²) < 4.78 is 2.72. The lowest BCUT2D eigenvalue weighted by molar-refractivity contribution is 0.776. The van der Waals surface area contributed by atoms with Crippen molar-refractivity contribution in [2.45, 2.75) is 19.9 Å². The summed E-state index contributed by atoms with van der Waals surface area (Å²) in [4.78, 5) is 0. The van der Waals surface area contributed by atoms with Gasteiger partial charge in [-0.3, -0.25) is 4.72 Å². The van der Waals surface area contributed by atoms with Gasteiger partial charge >= 0.3 is 0 Å². The number of hydrogen-bond acceptors (Lipinski definition) is 2. The first-order chi connectivity index (χ1) is 2.27. The van der Waals surface area contributed by atoms with Crippen LogP contribution in [0, 0.1) is 0 Å². The second-order valence-corrected chi connectivity index (χ2v) is 1.54. The molecule has 0 aliphatic carbocycles. The maximum absolute atomic E-state index is 3.77. The Bertz CT molecular complexity index is 20.9. The van der Waals surface area contributed by atoms with Crippen LogP contribution in [0.2, 0.25) is 0 Å². The number of hydrogen-bond donors (Lipinski definition) is 2. The van der Waals surface area contributed by atoms with Gasteiger partial charge in [-0.2, -0.15) is 0 Å². The Kier molecular flexibility index (Phi) is 2.70. The maximum atomic E-state index is 3.77. The lowest BCUT2D eigenvalue weighted by atomic mass is 10.4. The third kappa shape index (κ3) is 4.31. The Morgan fingerprint density at radius 2 is 1.80 bits per heavy atom. The molecule has 5 heavy (non-hydrogen) atoms. The van der Waals surface area contributed by atoms with Crippen molar-refractivity contribution in [2.24, 2.45) is 0 Å². The topological polar surface area (TPSA) is 12.0 Å². The van der Waals surface area contributed by atoms with Crippen LogP contribution in [0.1, 0.15) is 13.8 Å². The smallest absolute Gasteiger partial charge is 0.0112 e. The van der Waals surface area contributed by atoms with Crippen LogP contribution in [0.4, 0.5) is 0 Å². The SMILES string of the molecule is CC(C)NS. The first-order valence-electron chi connectivity index (χ1n) is 1.67. The van der Waals surface area contributed by atoms with Gasteiger partial charge in [-0.1, -0.05) is 12.8 Å². The molecule has 0 heterocycles. The molecule has 1 N–H and O–H groups in total. The van der Waals surface area contributed by atoms with Crippen molar-refractivity contribution in [1.29, 1.82) is 0 Å². The van der Waals surface area contributed by atoms with Crippen LogP contribution in [-0.2, 0) is 0 Å². The fraction of sp³-hybridized carbons (Fsp3) is 1.00. The van der Waals surface area contributed by atoms with E-state index in [2.05, 4.69) is 17.5 Å². The molecule has 32 valence electrons. The van der Waals surface area contributed by atoms with E-state index in [0.717, 1.165) is 0 Å². The van der Waals surface area contributed by atoms with Crippen LogP contribution in [0.25, 0.3) is 0 Å². The van der Waals surface area contributed by atoms with Crippen LogP contribution in [0.3, 0.4) is 0 Å². The molecule has 0 fully saturated rings. The monoisotopic (exact) mass is 91.0 g/mol. The van der Waals surface area contributed by atoms with E-state index >= 15 is 0 Å². The van der Waals surface area contributed by atoms with Crippen LogP contribution in [0.5, 0.6) is 0 Å². The third-order valence-electron chi connectivity index (χ3n) is 0.258. The molecule has 0 aromatic rings. The minimum Gasteiger partial charge on any atom is -0.264 e. The molecular weight excluding hydrogens is 82.1 g/mol. The predicted molar refractivity (Wildman–Crippen MR) is 27.3 cm³/mol. The Balaban J connectivity index is 2.54. The van der Waals surface area contributed by atoms with Crippen molar-refractivity contribution >= 4 is 12.8 Å². The molecule has 0 aromatic carbocycles. The molecule has 0 unspecified atom stereocenters. The normalized spacial score (nSPS) is 9.60. The highest BCUT2D eigenvalue weighted by Gasteiger charge is 1.78. The first kappa shape index (κ1) is 5.31. The Morgan fingerprint density at radius 3 is 1.80 bits per heavy atom. The maximum Gasteiger partial charge on any atom is 0.0112 e. The van der Waals surface area contributed by atoms with Crippen molar-refractivity contribution in [1.82, 2.24) is 4.72 Å². The summed E-state index contributed by atoms with van der Waals surface area (Å²) >= 11 is 3.77. The average molecular weight is 91.2 g/mol. The van der Waals surface area contributed by atoms with Crippen molar-refractivity contribution < 1.29 is 0 Å². The molecule has 0 radical (unpaired) electrons. The molecule has 0 saturated heterocycles. The Morgan fingerprint density at radius 1 is 1.60 bits per heavy atom. The molecular formula is C3H9NS. The lowest BCUT2D eigenvalue weighted by Crippen LogP contribution is -2.09. The molecule has 0 saturated carbocycles. The summed E-state index contributed by atoms with van der Waals surface area (Å²) in [5, 5.41) is 0. The van der Waals surface area contributed by atoms with E-state index in [-0.39, 0.29) is 0 Å². The van der Waals surface area contributed by atoms with Gasteiger partial charge in [-0.25, -0.2) is 0 Å². The third-order valence-corrected chi connectivity index (χ3v) is 0.775. The highest BCUT2D eigenvalue weighted by atomic mass is 32.1. The van der Waals surface area contributed by atoms with Crippen molar-refractivity contribution in [3.05, 3.63) is 0 Å². The Hall–Kier alpha value is 0.310. The van der Waals surface area contributed by atoms with Gasteiger partial charge in [0.1, 0.15) is 0 Å². The molecule has 0 aliphatic heterocycles. The van der Waals surface area contributed by atoms with Gasteiger partial charge in [0.2, 0.25) is 0 Å². The minimum absolute atomic E-state index is 0.498. The van der Waals surface area contributed by atoms with E-state index in [1.54, 1.807) is 0 Å². The fourth-order valence-electron chi connectivity index (χ4n) is 0. The summed E-state index contributed by atoms with van der Waals surface area (Å²) in [6, 6.07) is 0.498. The van der Waals surface area contributed by atoms with Crippen LogP contribution >= 0.6 is 12.8 Å². The summed E-state index contributed by atoms with van der Waals surface area (Å²) in [5.74, 6) is 0. The number of rotatable bonds is 1. The highest BCUT2D eigenvalue weighted by molar-refractivity contribution is 7.78. The van der Waals surface area contributed by atoms with Crippen LogP contribution in [-0.4, -0.2) is 6.04 Å². The molecule has 0 aliphatic rings. The van der Waals surface area contributed by atoms with Gasteiger partial charge in [-0.05, 0) is 13.8 Å².